The summed E-state index contributed by atoms with van der Waals surface area (Å²) in [7, 11) is -3.40. The number of hydrogen-bond acceptors (Lipinski definition) is 7. The van der Waals surface area contributed by atoms with E-state index in [0.717, 1.165) is 16.8 Å². The summed E-state index contributed by atoms with van der Waals surface area (Å²) in [5.74, 6) is 0.304. The van der Waals surface area contributed by atoms with Crippen LogP contribution in [-0.4, -0.2) is 43.0 Å². The zero-order valence-electron chi connectivity index (χ0n) is 13.0. The summed E-state index contributed by atoms with van der Waals surface area (Å²) in [5.41, 5.74) is 0.831. The maximum Gasteiger partial charge on any atom is 0.238 e. The van der Waals surface area contributed by atoms with Crippen molar-refractivity contribution in [3.8, 4) is 11.5 Å². The highest BCUT2D eigenvalue weighted by Gasteiger charge is 2.21. The molecule has 9 heteroatoms. The van der Waals surface area contributed by atoms with E-state index in [9.17, 15) is 13.2 Å². The molecule has 1 aliphatic heterocycles. The Kier molecular flexibility index (Phi) is 4.72. The highest BCUT2D eigenvalue weighted by atomic mass is 32.2. The van der Waals surface area contributed by atoms with Gasteiger partial charge in [0.25, 0.3) is 0 Å². The molecule has 1 aliphatic rings. The van der Waals surface area contributed by atoms with E-state index < -0.39 is 21.5 Å². The van der Waals surface area contributed by atoms with Crippen LogP contribution in [0.3, 0.4) is 0 Å². The number of rotatable bonds is 6. The Morgan fingerprint density at radius 3 is 2.79 bits per heavy atom. The fourth-order valence-corrected chi connectivity index (χ4v) is 3.56. The second-order valence-corrected chi connectivity index (χ2v) is 8.55. The molecule has 7 nitrogen and oxygen atoms in total. The molecule has 0 bridgehead atoms. The van der Waals surface area contributed by atoms with E-state index in [0.29, 0.717) is 11.5 Å². The van der Waals surface area contributed by atoms with Crippen LogP contribution < -0.4 is 9.47 Å². The number of hydrogen-bond donors (Lipinski definition) is 0. The van der Waals surface area contributed by atoms with Crippen LogP contribution in [0.15, 0.2) is 29.8 Å². The van der Waals surface area contributed by atoms with Crippen molar-refractivity contribution in [3.05, 3.63) is 40.3 Å². The standard InChI is InChI=1S/C15H16N2O5S2/c1-24(19,20)9-15(18)17(8-14-16-4-5-23-14)7-11-2-3-12-13(6-11)22-10-21-12/h2-6H,7-10H2,1H3. The minimum absolute atomic E-state index is 0.175. The summed E-state index contributed by atoms with van der Waals surface area (Å²) in [4.78, 5) is 18.0. The number of aromatic nitrogens is 1. The quantitative estimate of drug-likeness (QED) is 0.767. The first-order chi connectivity index (χ1) is 11.4. The van der Waals surface area contributed by atoms with E-state index in [1.165, 1.54) is 16.2 Å². The maximum atomic E-state index is 12.4. The van der Waals surface area contributed by atoms with Gasteiger partial charge in [-0.3, -0.25) is 4.79 Å². The summed E-state index contributed by atoms with van der Waals surface area (Å²) in [6, 6.07) is 5.40. The van der Waals surface area contributed by atoms with E-state index in [2.05, 4.69) is 4.98 Å². The van der Waals surface area contributed by atoms with E-state index in [4.69, 9.17) is 9.47 Å². The minimum Gasteiger partial charge on any atom is -0.454 e. The lowest BCUT2D eigenvalue weighted by Gasteiger charge is -2.21. The molecular formula is C15H16N2O5S2. The first-order valence-corrected chi connectivity index (χ1v) is 10.1. The fourth-order valence-electron chi connectivity index (χ4n) is 2.30. The van der Waals surface area contributed by atoms with Gasteiger partial charge >= 0.3 is 0 Å². The van der Waals surface area contributed by atoms with Crippen molar-refractivity contribution >= 4 is 27.1 Å². The van der Waals surface area contributed by atoms with Gasteiger partial charge in [0, 0.05) is 24.4 Å². The number of ether oxygens (including phenoxy) is 2. The van der Waals surface area contributed by atoms with Crippen LogP contribution in [0.1, 0.15) is 10.6 Å². The summed E-state index contributed by atoms with van der Waals surface area (Å²) in [6.07, 6.45) is 2.70. The van der Waals surface area contributed by atoms with Gasteiger partial charge < -0.3 is 14.4 Å². The van der Waals surface area contributed by atoms with Gasteiger partial charge in [-0.15, -0.1) is 11.3 Å². The van der Waals surface area contributed by atoms with Crippen molar-refractivity contribution in [2.24, 2.45) is 0 Å². The lowest BCUT2D eigenvalue weighted by molar-refractivity contribution is -0.129. The molecule has 1 amide bonds. The Balaban J connectivity index is 1.79. The van der Waals surface area contributed by atoms with E-state index in [-0.39, 0.29) is 19.9 Å². The number of sulfone groups is 1. The summed E-state index contributed by atoms with van der Waals surface area (Å²) < 4.78 is 33.5. The van der Waals surface area contributed by atoms with E-state index in [1.54, 1.807) is 18.3 Å². The molecule has 128 valence electrons. The molecule has 0 radical (unpaired) electrons. The summed E-state index contributed by atoms with van der Waals surface area (Å²) in [6.45, 7) is 0.708. The molecule has 0 saturated carbocycles. The van der Waals surface area contributed by atoms with Crippen molar-refractivity contribution in [2.75, 3.05) is 18.8 Å². The number of benzene rings is 1. The van der Waals surface area contributed by atoms with Crippen LogP contribution >= 0.6 is 11.3 Å². The Morgan fingerprint density at radius 1 is 1.29 bits per heavy atom. The molecule has 0 spiro atoms. The van der Waals surface area contributed by atoms with Crippen LogP contribution in [0.4, 0.5) is 0 Å². The first kappa shape index (κ1) is 16.7. The average molecular weight is 368 g/mol. The predicted octanol–water partition coefficient (Wildman–Crippen LogP) is 1.45. The van der Waals surface area contributed by atoms with Crippen LogP contribution in [0, 0.1) is 0 Å². The zero-order valence-corrected chi connectivity index (χ0v) is 14.6. The van der Waals surface area contributed by atoms with Gasteiger partial charge in [-0.05, 0) is 17.7 Å². The van der Waals surface area contributed by atoms with Crippen molar-refractivity contribution in [2.45, 2.75) is 13.1 Å². The van der Waals surface area contributed by atoms with Crippen molar-refractivity contribution in [1.82, 2.24) is 9.88 Å². The van der Waals surface area contributed by atoms with Gasteiger partial charge in [-0.2, -0.15) is 0 Å². The van der Waals surface area contributed by atoms with Gasteiger partial charge in [-0.25, -0.2) is 13.4 Å². The lowest BCUT2D eigenvalue weighted by Crippen LogP contribution is -2.34. The van der Waals surface area contributed by atoms with Gasteiger partial charge in [0.15, 0.2) is 21.3 Å². The van der Waals surface area contributed by atoms with Crippen molar-refractivity contribution in [1.29, 1.82) is 0 Å². The normalized spacial score (nSPS) is 13.0. The van der Waals surface area contributed by atoms with Gasteiger partial charge in [-0.1, -0.05) is 6.07 Å². The summed E-state index contributed by atoms with van der Waals surface area (Å²) >= 11 is 1.42. The average Bonchev–Trinajstić information content (AvgIpc) is 3.15. The highest BCUT2D eigenvalue weighted by molar-refractivity contribution is 7.91. The fraction of sp³-hybridized carbons (Fsp3) is 0.333. The van der Waals surface area contributed by atoms with Crippen LogP contribution in [0.2, 0.25) is 0 Å². The van der Waals surface area contributed by atoms with E-state index >= 15 is 0 Å². The molecule has 0 unspecified atom stereocenters. The number of fused-ring (bicyclic) bond motifs is 1. The second-order valence-electron chi connectivity index (χ2n) is 5.43. The Hall–Kier alpha value is -2.13. The molecule has 2 heterocycles. The molecule has 1 aromatic heterocycles. The molecule has 24 heavy (non-hydrogen) atoms. The Labute approximate surface area is 143 Å². The smallest absolute Gasteiger partial charge is 0.238 e. The summed E-state index contributed by atoms with van der Waals surface area (Å²) in [5, 5.41) is 2.56. The predicted molar refractivity (Wildman–Crippen MR) is 88.6 cm³/mol. The highest BCUT2D eigenvalue weighted by Crippen LogP contribution is 2.33. The van der Waals surface area contributed by atoms with Gasteiger partial charge in [0.2, 0.25) is 12.7 Å². The molecule has 0 fully saturated rings. The van der Waals surface area contributed by atoms with Crippen LogP contribution in [0.5, 0.6) is 11.5 Å². The number of carbonyl (C=O) groups excluding carboxylic acids is 1. The third kappa shape index (κ3) is 4.24. The number of thiazole rings is 1. The Morgan fingerprint density at radius 2 is 2.08 bits per heavy atom. The molecule has 0 saturated heterocycles. The molecule has 2 aromatic rings. The second kappa shape index (κ2) is 6.78. The van der Waals surface area contributed by atoms with Crippen LogP contribution in [0.25, 0.3) is 0 Å². The molecule has 0 N–H and O–H groups in total. The third-order valence-corrected chi connectivity index (χ3v) is 4.89. The van der Waals surface area contributed by atoms with Gasteiger partial charge in [0.1, 0.15) is 10.8 Å². The number of nitrogens with zero attached hydrogens (tertiary/aromatic N) is 2. The van der Waals surface area contributed by atoms with E-state index in [1.807, 2.05) is 11.4 Å². The maximum absolute atomic E-state index is 12.4. The topological polar surface area (TPSA) is 85.8 Å². The zero-order chi connectivity index (χ0) is 17.2. The molecule has 1 aromatic carbocycles. The lowest BCUT2D eigenvalue weighted by atomic mass is 10.2. The number of amides is 1. The monoisotopic (exact) mass is 368 g/mol. The molecular weight excluding hydrogens is 352 g/mol. The van der Waals surface area contributed by atoms with Crippen molar-refractivity contribution < 1.29 is 22.7 Å². The largest absolute Gasteiger partial charge is 0.454 e. The van der Waals surface area contributed by atoms with Crippen molar-refractivity contribution in [3.63, 3.8) is 0 Å². The third-order valence-electron chi connectivity index (χ3n) is 3.36. The molecule has 0 atom stereocenters. The van der Waals surface area contributed by atoms with Crippen LogP contribution in [-0.2, 0) is 27.7 Å². The SMILES string of the molecule is CS(=O)(=O)CC(=O)N(Cc1ccc2c(c1)OCO2)Cc1nccs1. The molecule has 0 aliphatic carbocycles. The Bertz CT molecular complexity index is 834. The first-order valence-electron chi connectivity index (χ1n) is 7.13. The van der Waals surface area contributed by atoms with Gasteiger partial charge in [0.05, 0.1) is 6.54 Å². The molecule has 3 rings (SSSR count). The minimum atomic E-state index is -3.40. The number of carbonyl (C=O) groups is 1.